The van der Waals surface area contributed by atoms with Gasteiger partial charge >= 0.3 is 6.09 Å². The number of ether oxygens (including phenoxy) is 2. The number of methoxy groups -OCH3 is 1. The molecule has 1 N–H and O–H groups in total. The quantitative estimate of drug-likeness (QED) is 0.498. The van der Waals surface area contributed by atoms with Gasteiger partial charge in [0.25, 0.3) is 0 Å². The molecule has 2 atom stereocenters. The lowest BCUT2D eigenvalue weighted by Gasteiger charge is -2.27. The van der Waals surface area contributed by atoms with Crippen LogP contribution in [0.3, 0.4) is 0 Å². The van der Waals surface area contributed by atoms with Crippen molar-refractivity contribution in [3.05, 3.63) is 69.3 Å². The van der Waals surface area contributed by atoms with Gasteiger partial charge in [0.2, 0.25) is 0 Å². The highest BCUT2D eigenvalue weighted by Gasteiger charge is 2.27. The summed E-state index contributed by atoms with van der Waals surface area (Å²) in [7, 11) is 1.66. The van der Waals surface area contributed by atoms with E-state index in [1.54, 1.807) is 7.11 Å². The molecule has 0 saturated carbocycles. The molecule has 26 heavy (non-hydrogen) atoms. The molecule has 5 heteroatoms. The minimum absolute atomic E-state index is 0.280. The smallest absolute Gasteiger partial charge is 0.407 e. The molecule has 2 aromatic carbocycles. The number of carbonyl (C=O) groups excluding carboxylic acids is 1. The van der Waals surface area contributed by atoms with Crippen LogP contribution in [0.1, 0.15) is 43.4 Å². The van der Waals surface area contributed by atoms with Gasteiger partial charge in [-0.25, -0.2) is 4.79 Å². The van der Waals surface area contributed by atoms with E-state index in [4.69, 9.17) is 9.47 Å². The Hall–Kier alpha value is -1.60. The number of amides is 1. The summed E-state index contributed by atoms with van der Waals surface area (Å²) in [5.41, 5.74) is 2.09. The van der Waals surface area contributed by atoms with Crippen LogP contribution in [-0.4, -0.2) is 19.3 Å². The number of rotatable bonds is 9. The van der Waals surface area contributed by atoms with Crippen LogP contribution >= 0.6 is 22.6 Å². The zero-order valence-electron chi connectivity index (χ0n) is 15.3. The van der Waals surface area contributed by atoms with Gasteiger partial charge in [-0.05, 0) is 52.6 Å². The Morgan fingerprint density at radius 3 is 2.46 bits per heavy atom. The molecule has 1 amide bonds. The maximum absolute atomic E-state index is 12.3. The zero-order valence-corrected chi connectivity index (χ0v) is 17.4. The second-order valence-electron chi connectivity index (χ2n) is 6.10. The fourth-order valence-electron chi connectivity index (χ4n) is 2.81. The van der Waals surface area contributed by atoms with Gasteiger partial charge in [-0.15, -0.1) is 0 Å². The molecule has 0 aromatic heterocycles. The number of benzene rings is 2. The Bertz CT molecular complexity index is 678. The normalized spacial score (nSPS) is 13.0. The van der Waals surface area contributed by atoms with E-state index in [9.17, 15) is 4.79 Å². The van der Waals surface area contributed by atoms with Crippen molar-refractivity contribution in [1.29, 1.82) is 0 Å². The summed E-state index contributed by atoms with van der Waals surface area (Å²) in [6, 6.07) is 17.8. The number of hydrogen-bond acceptors (Lipinski definition) is 3. The number of nitrogens with one attached hydrogen (secondary N) is 1. The number of carbonyl (C=O) groups is 1. The minimum Gasteiger partial charge on any atom is -0.443 e. The van der Waals surface area contributed by atoms with E-state index in [0.717, 1.165) is 34.0 Å². The second-order valence-corrected chi connectivity index (χ2v) is 7.27. The third-order valence-corrected chi connectivity index (χ3v) is 5.17. The van der Waals surface area contributed by atoms with Crippen molar-refractivity contribution in [2.45, 2.75) is 44.9 Å². The van der Waals surface area contributed by atoms with Gasteiger partial charge in [0.15, 0.2) is 0 Å². The molecule has 0 aliphatic rings. The van der Waals surface area contributed by atoms with Crippen molar-refractivity contribution >= 4 is 28.7 Å². The maximum Gasteiger partial charge on any atom is 0.407 e. The number of hydrogen-bond donors (Lipinski definition) is 1. The summed E-state index contributed by atoms with van der Waals surface area (Å²) < 4.78 is 12.6. The highest BCUT2D eigenvalue weighted by Crippen LogP contribution is 2.29. The van der Waals surface area contributed by atoms with Gasteiger partial charge in [0, 0.05) is 17.2 Å². The molecule has 0 aliphatic heterocycles. The van der Waals surface area contributed by atoms with Crippen LogP contribution < -0.4 is 5.32 Å². The molecule has 0 aliphatic carbocycles. The van der Waals surface area contributed by atoms with Crippen LogP contribution in [0.4, 0.5) is 4.79 Å². The molecule has 0 heterocycles. The predicted molar refractivity (Wildman–Crippen MR) is 112 cm³/mol. The van der Waals surface area contributed by atoms with Gasteiger partial charge < -0.3 is 14.8 Å². The molecule has 0 bridgehead atoms. The number of unbranched alkanes of at least 4 members (excludes halogenated alkanes) is 1. The topological polar surface area (TPSA) is 47.6 Å². The Morgan fingerprint density at radius 2 is 1.81 bits per heavy atom. The molecule has 2 aromatic rings. The maximum atomic E-state index is 12.3. The van der Waals surface area contributed by atoms with Crippen molar-refractivity contribution in [1.82, 2.24) is 5.32 Å². The molecular weight excluding hydrogens is 441 g/mol. The fourth-order valence-corrected chi connectivity index (χ4v) is 3.51. The lowest BCUT2D eigenvalue weighted by Crippen LogP contribution is -2.33. The average Bonchev–Trinajstić information content (AvgIpc) is 2.67. The fraction of sp³-hybridized carbons (Fsp3) is 0.381. The first kappa shape index (κ1) is 20.7. The molecule has 0 spiro atoms. The Morgan fingerprint density at radius 1 is 1.12 bits per heavy atom. The number of alkyl carbamates (subject to hydrolysis) is 1. The van der Waals surface area contributed by atoms with E-state index in [0.29, 0.717) is 6.54 Å². The van der Waals surface area contributed by atoms with Crippen LogP contribution in [0.15, 0.2) is 54.6 Å². The van der Waals surface area contributed by atoms with Crippen LogP contribution in [0, 0.1) is 3.57 Å². The van der Waals surface area contributed by atoms with E-state index in [-0.39, 0.29) is 12.2 Å². The van der Waals surface area contributed by atoms with E-state index in [1.165, 1.54) is 0 Å². The summed E-state index contributed by atoms with van der Waals surface area (Å²) in [6.45, 7) is 2.57. The van der Waals surface area contributed by atoms with Crippen molar-refractivity contribution in [2.75, 3.05) is 7.11 Å². The number of halogens is 1. The molecule has 0 unspecified atom stereocenters. The van der Waals surface area contributed by atoms with Crippen LogP contribution in [0.5, 0.6) is 0 Å². The summed E-state index contributed by atoms with van der Waals surface area (Å²) in [6.07, 6.45) is 1.75. The van der Waals surface area contributed by atoms with Gasteiger partial charge in [0.1, 0.15) is 12.2 Å². The van der Waals surface area contributed by atoms with Gasteiger partial charge in [0.05, 0.1) is 0 Å². The van der Waals surface area contributed by atoms with Crippen molar-refractivity contribution in [2.24, 2.45) is 0 Å². The first-order valence-corrected chi connectivity index (χ1v) is 9.99. The van der Waals surface area contributed by atoms with Crippen molar-refractivity contribution in [3.63, 3.8) is 0 Å². The van der Waals surface area contributed by atoms with E-state index in [2.05, 4.69) is 34.8 Å². The van der Waals surface area contributed by atoms with Gasteiger partial charge in [-0.1, -0.05) is 61.9 Å². The van der Waals surface area contributed by atoms with Crippen LogP contribution in [0.2, 0.25) is 0 Å². The summed E-state index contributed by atoms with van der Waals surface area (Å²) in [4.78, 5) is 12.3. The highest BCUT2D eigenvalue weighted by molar-refractivity contribution is 14.1. The van der Waals surface area contributed by atoms with Crippen LogP contribution in [0.25, 0.3) is 0 Å². The van der Waals surface area contributed by atoms with Gasteiger partial charge in [-0.2, -0.15) is 0 Å². The standard InChI is InChI=1S/C21H26INO3/c1-3-4-14-19(20(25-2)17-12-8-9-13-18(17)22)26-21(24)23-15-16-10-6-5-7-11-16/h5-13,19-20H,3-4,14-15H2,1-2H3,(H,23,24)/t19-,20-/m0/s1. The molecular formula is C21H26INO3. The predicted octanol–water partition coefficient (Wildman–Crippen LogP) is 5.46. The largest absolute Gasteiger partial charge is 0.443 e. The summed E-state index contributed by atoms with van der Waals surface area (Å²) in [5, 5.41) is 2.83. The van der Waals surface area contributed by atoms with Crippen molar-refractivity contribution < 1.29 is 14.3 Å². The molecule has 0 saturated heterocycles. The highest BCUT2D eigenvalue weighted by atomic mass is 127. The minimum atomic E-state index is -0.414. The average molecular weight is 467 g/mol. The van der Waals surface area contributed by atoms with Crippen molar-refractivity contribution in [3.8, 4) is 0 Å². The SMILES string of the molecule is CCCC[C@H](OC(=O)NCc1ccccc1)[C@@H](OC)c1ccccc1I. The first-order valence-electron chi connectivity index (χ1n) is 8.91. The zero-order chi connectivity index (χ0) is 18.8. The molecule has 4 nitrogen and oxygen atoms in total. The third-order valence-electron chi connectivity index (χ3n) is 4.18. The van der Waals surface area contributed by atoms with E-state index >= 15 is 0 Å². The third kappa shape index (κ3) is 6.29. The first-order chi connectivity index (χ1) is 12.7. The second kappa shape index (κ2) is 11.2. The summed E-state index contributed by atoms with van der Waals surface area (Å²) in [5.74, 6) is 0. The van der Waals surface area contributed by atoms with E-state index in [1.807, 2.05) is 54.6 Å². The molecule has 0 fully saturated rings. The lowest BCUT2D eigenvalue weighted by atomic mass is 10.00. The van der Waals surface area contributed by atoms with Crippen LogP contribution in [-0.2, 0) is 16.0 Å². The summed E-state index contributed by atoms with van der Waals surface area (Å²) >= 11 is 2.29. The Kier molecular flexibility index (Phi) is 8.91. The van der Waals surface area contributed by atoms with Gasteiger partial charge in [-0.3, -0.25) is 0 Å². The molecule has 0 radical (unpaired) electrons. The molecule has 2 rings (SSSR count). The Balaban J connectivity index is 2.05. The lowest BCUT2D eigenvalue weighted by molar-refractivity contribution is -0.0288. The molecule has 140 valence electrons. The van der Waals surface area contributed by atoms with E-state index < -0.39 is 6.09 Å². The Labute approximate surface area is 169 Å². The monoisotopic (exact) mass is 467 g/mol.